The number of carboxylic acid groups (broad SMARTS) is 1. The molecule has 2 aromatic heterocycles. The Hall–Kier alpha value is -3.41. The number of nitrogens with zero attached hydrogens (tertiary/aromatic N) is 3. The highest BCUT2D eigenvalue weighted by Gasteiger charge is 2.34. The van der Waals surface area contributed by atoms with Gasteiger partial charge in [-0.2, -0.15) is 0 Å². The number of rotatable bonds is 7. The fraction of sp³-hybridized carbons (Fsp3) is 0.400. The van der Waals surface area contributed by atoms with Gasteiger partial charge in [-0.15, -0.1) is 0 Å². The molecule has 1 aromatic carbocycles. The molecule has 1 fully saturated rings. The summed E-state index contributed by atoms with van der Waals surface area (Å²) in [5.74, 6) is 5.81. The molecule has 0 amide bonds. The molecule has 8 nitrogen and oxygen atoms in total. The molecule has 0 spiro atoms. The van der Waals surface area contributed by atoms with Crippen LogP contribution in [-0.4, -0.2) is 57.8 Å². The van der Waals surface area contributed by atoms with E-state index < -0.39 is 18.0 Å². The molecule has 1 aliphatic heterocycles. The highest BCUT2D eigenvalue weighted by atomic mass is 16.5. The first-order valence-electron chi connectivity index (χ1n) is 11.0. The van der Waals surface area contributed by atoms with Crippen LogP contribution in [0.15, 0.2) is 47.5 Å². The smallest absolute Gasteiger partial charge is 0.308 e. The summed E-state index contributed by atoms with van der Waals surface area (Å²) in [5, 5.41) is 21.6. The number of pyridine rings is 1. The minimum Gasteiger partial charge on any atom is -0.497 e. The monoisotopic (exact) mass is 449 g/mol. The van der Waals surface area contributed by atoms with Gasteiger partial charge in [-0.3, -0.25) is 14.7 Å². The van der Waals surface area contributed by atoms with E-state index in [1.807, 2.05) is 24.3 Å². The van der Waals surface area contributed by atoms with E-state index in [-0.39, 0.29) is 5.92 Å². The van der Waals surface area contributed by atoms with Gasteiger partial charge in [0.2, 0.25) is 0 Å². The lowest BCUT2D eigenvalue weighted by Gasteiger charge is -2.36. The van der Waals surface area contributed by atoms with Crippen LogP contribution in [0.3, 0.4) is 0 Å². The number of hydrogen-bond donors (Lipinski definition) is 2. The average molecular weight is 450 g/mol. The third-order valence-corrected chi connectivity index (χ3v) is 6.26. The SMILES string of the molecule is COc1ccc2nccc([C@H](O)CC[C@@H]3CCN(CC#Cc4cnco4)C[C@@H]3C(=O)O)c2c1. The van der Waals surface area contributed by atoms with Gasteiger partial charge in [0.05, 0.1) is 37.4 Å². The zero-order valence-corrected chi connectivity index (χ0v) is 18.5. The lowest BCUT2D eigenvalue weighted by atomic mass is 9.81. The molecule has 3 atom stereocenters. The summed E-state index contributed by atoms with van der Waals surface area (Å²) in [5.41, 5.74) is 1.57. The van der Waals surface area contributed by atoms with E-state index in [0.717, 1.165) is 29.4 Å². The number of ether oxygens (including phenoxy) is 1. The van der Waals surface area contributed by atoms with E-state index in [1.54, 1.807) is 19.5 Å². The van der Waals surface area contributed by atoms with Gasteiger partial charge in [0.15, 0.2) is 12.2 Å². The highest BCUT2D eigenvalue weighted by Crippen LogP contribution is 2.33. The van der Waals surface area contributed by atoms with E-state index in [4.69, 9.17) is 9.15 Å². The zero-order valence-electron chi connectivity index (χ0n) is 18.5. The number of carbonyl (C=O) groups is 1. The number of aliphatic carboxylic acids is 1. The number of benzene rings is 1. The molecule has 0 bridgehead atoms. The highest BCUT2D eigenvalue weighted by molar-refractivity contribution is 5.83. The van der Waals surface area contributed by atoms with Gasteiger partial charge in [0, 0.05) is 18.1 Å². The quantitative estimate of drug-likeness (QED) is 0.530. The van der Waals surface area contributed by atoms with Crippen LogP contribution in [0.2, 0.25) is 0 Å². The minimum absolute atomic E-state index is 0.00160. The normalized spacial score (nSPS) is 19.6. The molecule has 3 aromatic rings. The second-order valence-electron chi connectivity index (χ2n) is 8.27. The first kappa shape index (κ1) is 22.8. The van der Waals surface area contributed by atoms with Crippen molar-refractivity contribution in [3.05, 3.63) is 54.4 Å². The minimum atomic E-state index is -0.804. The Morgan fingerprint density at radius 3 is 3.03 bits per heavy atom. The Bertz CT molecular complexity index is 1150. The molecule has 3 heterocycles. The Balaban J connectivity index is 1.38. The molecule has 2 N–H and O–H groups in total. The van der Waals surface area contributed by atoms with E-state index >= 15 is 0 Å². The van der Waals surface area contributed by atoms with Crippen molar-refractivity contribution in [2.24, 2.45) is 11.8 Å². The summed E-state index contributed by atoms with van der Waals surface area (Å²) in [7, 11) is 1.60. The number of fused-ring (bicyclic) bond motifs is 1. The third-order valence-electron chi connectivity index (χ3n) is 6.26. The number of aliphatic hydroxyl groups is 1. The molecule has 0 aliphatic carbocycles. The topological polar surface area (TPSA) is 109 Å². The summed E-state index contributed by atoms with van der Waals surface area (Å²) in [4.78, 5) is 22.2. The van der Waals surface area contributed by atoms with Crippen LogP contribution in [0.25, 0.3) is 10.9 Å². The molecule has 1 saturated heterocycles. The number of hydrogen-bond acceptors (Lipinski definition) is 7. The average Bonchev–Trinajstić information content (AvgIpc) is 3.35. The maximum absolute atomic E-state index is 12.0. The number of carboxylic acids is 1. The lowest BCUT2D eigenvalue weighted by Crippen LogP contribution is -2.44. The van der Waals surface area contributed by atoms with Crippen molar-refractivity contribution in [1.82, 2.24) is 14.9 Å². The number of methoxy groups -OCH3 is 1. The second kappa shape index (κ2) is 10.5. The molecule has 0 saturated carbocycles. The Labute approximate surface area is 192 Å². The van der Waals surface area contributed by atoms with Gasteiger partial charge < -0.3 is 19.4 Å². The van der Waals surface area contributed by atoms with Crippen molar-refractivity contribution in [2.75, 3.05) is 26.7 Å². The van der Waals surface area contributed by atoms with Gasteiger partial charge >= 0.3 is 5.97 Å². The standard InChI is InChI=1S/C25H27N3O5/c1-32-18-5-6-23-21(13-18)20(8-10-27-23)24(29)7-4-17-9-12-28(15-22(17)25(30)31)11-2-3-19-14-26-16-33-19/h5-6,8,10,13-14,16-17,22,24,29H,4,7,9,11-12,15H2,1H3,(H,30,31)/t17-,22+,24-/m1/s1. The Kier molecular flexibility index (Phi) is 7.23. The van der Waals surface area contributed by atoms with Gasteiger partial charge in [-0.05, 0) is 67.5 Å². The second-order valence-corrected chi connectivity index (χ2v) is 8.27. The molecular formula is C25H27N3O5. The fourth-order valence-electron chi connectivity index (χ4n) is 4.44. The van der Waals surface area contributed by atoms with E-state index in [0.29, 0.717) is 37.4 Å². The first-order chi connectivity index (χ1) is 16.0. The van der Waals surface area contributed by atoms with Gasteiger partial charge in [0.1, 0.15) is 5.75 Å². The predicted molar refractivity (Wildman–Crippen MR) is 122 cm³/mol. The Morgan fingerprint density at radius 2 is 2.27 bits per heavy atom. The van der Waals surface area contributed by atoms with Crippen LogP contribution in [0.4, 0.5) is 0 Å². The summed E-state index contributed by atoms with van der Waals surface area (Å²) in [6.45, 7) is 1.69. The van der Waals surface area contributed by atoms with Gasteiger partial charge in [-0.25, -0.2) is 4.98 Å². The van der Waals surface area contributed by atoms with Gasteiger partial charge in [0.25, 0.3) is 0 Å². The third kappa shape index (κ3) is 5.51. The molecule has 33 heavy (non-hydrogen) atoms. The number of aromatic nitrogens is 2. The van der Waals surface area contributed by atoms with Crippen molar-refractivity contribution in [3.63, 3.8) is 0 Å². The Morgan fingerprint density at radius 1 is 1.39 bits per heavy atom. The number of aliphatic hydroxyl groups excluding tert-OH is 1. The van der Waals surface area contributed by atoms with E-state index in [2.05, 4.69) is 26.7 Å². The van der Waals surface area contributed by atoms with Gasteiger partial charge in [-0.1, -0.05) is 5.92 Å². The van der Waals surface area contributed by atoms with Crippen molar-refractivity contribution in [1.29, 1.82) is 0 Å². The molecule has 8 heteroatoms. The lowest BCUT2D eigenvalue weighted by molar-refractivity contribution is -0.146. The summed E-state index contributed by atoms with van der Waals surface area (Å²) >= 11 is 0. The van der Waals surface area contributed by atoms with E-state index in [9.17, 15) is 15.0 Å². The summed E-state index contributed by atoms with van der Waals surface area (Å²) in [6.07, 6.45) is 5.72. The van der Waals surface area contributed by atoms with Crippen molar-refractivity contribution < 1.29 is 24.2 Å². The number of oxazole rings is 1. The predicted octanol–water partition coefficient (Wildman–Crippen LogP) is 3.12. The summed E-state index contributed by atoms with van der Waals surface area (Å²) in [6, 6.07) is 7.40. The maximum atomic E-state index is 12.0. The van der Waals surface area contributed by atoms with Crippen LogP contribution in [0.5, 0.6) is 5.75 Å². The molecular weight excluding hydrogens is 422 g/mol. The van der Waals surface area contributed by atoms with Crippen molar-refractivity contribution >= 4 is 16.9 Å². The first-order valence-corrected chi connectivity index (χ1v) is 11.0. The van der Waals surface area contributed by atoms with E-state index in [1.165, 1.54) is 6.39 Å². The largest absolute Gasteiger partial charge is 0.497 e. The van der Waals surface area contributed by atoms with Crippen LogP contribution in [0, 0.1) is 23.7 Å². The molecule has 0 unspecified atom stereocenters. The van der Waals surface area contributed by atoms with Crippen LogP contribution in [-0.2, 0) is 4.79 Å². The zero-order chi connectivity index (χ0) is 23.2. The van der Waals surface area contributed by atoms with Crippen molar-refractivity contribution in [3.8, 4) is 17.6 Å². The van der Waals surface area contributed by atoms with Crippen LogP contribution in [0.1, 0.15) is 36.7 Å². The van der Waals surface area contributed by atoms with Crippen LogP contribution < -0.4 is 4.74 Å². The maximum Gasteiger partial charge on any atom is 0.308 e. The molecule has 0 radical (unpaired) electrons. The number of likely N-dealkylation sites (tertiary alicyclic amines) is 1. The molecule has 1 aliphatic rings. The fourth-order valence-corrected chi connectivity index (χ4v) is 4.44. The molecule has 4 rings (SSSR count). The molecule has 172 valence electrons. The number of piperidine rings is 1. The van der Waals surface area contributed by atoms with Crippen LogP contribution >= 0.6 is 0 Å². The van der Waals surface area contributed by atoms with Crippen molar-refractivity contribution in [2.45, 2.75) is 25.4 Å². The summed E-state index contributed by atoms with van der Waals surface area (Å²) < 4.78 is 10.4.